The quantitative estimate of drug-likeness (QED) is 0.798. The third-order valence-corrected chi connectivity index (χ3v) is 2.40. The lowest BCUT2D eigenvalue weighted by atomic mass is 10.1. The minimum atomic E-state index is -0.236. The Morgan fingerprint density at radius 1 is 1.57 bits per heavy atom. The van der Waals surface area contributed by atoms with E-state index < -0.39 is 0 Å². The molecule has 0 saturated carbocycles. The van der Waals surface area contributed by atoms with Crippen molar-refractivity contribution in [2.75, 3.05) is 13.2 Å². The van der Waals surface area contributed by atoms with Crippen LogP contribution in [-0.2, 0) is 0 Å². The molecule has 1 heterocycles. The van der Waals surface area contributed by atoms with Gasteiger partial charge in [-0.05, 0) is 19.0 Å². The van der Waals surface area contributed by atoms with Crippen LogP contribution in [0.2, 0.25) is 0 Å². The molecule has 0 spiro atoms. The van der Waals surface area contributed by atoms with E-state index in [0.29, 0.717) is 12.4 Å². The number of hydrogen-bond donors (Lipinski definition) is 1. The zero-order valence-corrected chi connectivity index (χ0v) is 8.22. The lowest BCUT2D eigenvalue weighted by molar-refractivity contribution is 0.311. The first-order valence-corrected chi connectivity index (χ1v) is 4.97. The van der Waals surface area contributed by atoms with E-state index in [9.17, 15) is 4.39 Å². The highest BCUT2D eigenvalue weighted by Gasteiger charge is 2.23. The minimum absolute atomic E-state index is 0.227. The van der Waals surface area contributed by atoms with Crippen LogP contribution in [0, 0.1) is 5.82 Å². The maximum absolute atomic E-state index is 12.8. The summed E-state index contributed by atoms with van der Waals surface area (Å²) >= 11 is 0. The molecule has 0 bridgehead atoms. The van der Waals surface area contributed by atoms with Crippen molar-refractivity contribution in [2.24, 2.45) is 0 Å². The molecule has 76 valence electrons. The van der Waals surface area contributed by atoms with Crippen LogP contribution < -0.4 is 10.1 Å². The predicted molar refractivity (Wildman–Crippen MR) is 52.9 cm³/mol. The molecule has 2 nitrogen and oxygen atoms in total. The Kier molecular flexibility index (Phi) is 2.68. The van der Waals surface area contributed by atoms with Crippen molar-refractivity contribution in [3.8, 4) is 5.75 Å². The number of fused-ring (bicyclic) bond motifs is 1. The van der Waals surface area contributed by atoms with E-state index in [1.54, 1.807) is 6.07 Å². The monoisotopic (exact) mass is 195 g/mol. The molecule has 3 heteroatoms. The van der Waals surface area contributed by atoms with Gasteiger partial charge in [0.25, 0.3) is 0 Å². The van der Waals surface area contributed by atoms with Crippen LogP contribution in [0.25, 0.3) is 0 Å². The van der Waals surface area contributed by atoms with Gasteiger partial charge >= 0.3 is 0 Å². The summed E-state index contributed by atoms with van der Waals surface area (Å²) in [5.41, 5.74) is 1.07. The SMILES string of the molecule is CCCNC1COc2cc(F)ccc21. The summed E-state index contributed by atoms with van der Waals surface area (Å²) in [5, 5.41) is 3.36. The summed E-state index contributed by atoms with van der Waals surface area (Å²) < 4.78 is 18.2. The van der Waals surface area contributed by atoms with Gasteiger partial charge in [-0.15, -0.1) is 0 Å². The van der Waals surface area contributed by atoms with Crippen molar-refractivity contribution in [3.63, 3.8) is 0 Å². The van der Waals surface area contributed by atoms with E-state index in [0.717, 1.165) is 18.5 Å². The first kappa shape index (κ1) is 9.46. The second kappa shape index (κ2) is 3.96. The highest BCUT2D eigenvalue weighted by atomic mass is 19.1. The van der Waals surface area contributed by atoms with Crippen molar-refractivity contribution < 1.29 is 9.13 Å². The van der Waals surface area contributed by atoms with Crippen LogP contribution in [0.5, 0.6) is 5.75 Å². The van der Waals surface area contributed by atoms with Gasteiger partial charge in [-0.1, -0.05) is 13.0 Å². The summed E-state index contributed by atoms with van der Waals surface area (Å²) in [6, 6.07) is 4.95. The molecule has 14 heavy (non-hydrogen) atoms. The highest BCUT2D eigenvalue weighted by Crippen LogP contribution is 2.32. The van der Waals surface area contributed by atoms with Gasteiger partial charge in [0.1, 0.15) is 18.2 Å². The largest absolute Gasteiger partial charge is 0.491 e. The molecule has 1 aromatic rings. The maximum atomic E-state index is 12.8. The second-order valence-corrected chi connectivity index (χ2v) is 3.50. The highest BCUT2D eigenvalue weighted by molar-refractivity contribution is 5.39. The van der Waals surface area contributed by atoms with Gasteiger partial charge in [0.2, 0.25) is 0 Å². The summed E-state index contributed by atoms with van der Waals surface area (Å²) in [4.78, 5) is 0. The smallest absolute Gasteiger partial charge is 0.127 e. The summed E-state index contributed by atoms with van der Waals surface area (Å²) in [5.74, 6) is 0.443. The lowest BCUT2D eigenvalue weighted by Crippen LogP contribution is -2.22. The molecule has 0 amide bonds. The number of ether oxygens (including phenoxy) is 1. The fraction of sp³-hybridized carbons (Fsp3) is 0.455. The van der Waals surface area contributed by atoms with Gasteiger partial charge in [-0.25, -0.2) is 4.39 Å². The standard InChI is InChI=1S/C11H14FNO/c1-2-5-13-10-7-14-11-6-8(12)3-4-9(10)11/h3-4,6,10,13H,2,5,7H2,1H3. The van der Waals surface area contributed by atoms with Gasteiger partial charge in [0, 0.05) is 11.6 Å². The van der Waals surface area contributed by atoms with Crippen LogP contribution >= 0.6 is 0 Å². The molecule has 1 aliphatic heterocycles. The maximum Gasteiger partial charge on any atom is 0.127 e. The van der Waals surface area contributed by atoms with E-state index in [2.05, 4.69) is 12.2 Å². The molecule has 0 aliphatic carbocycles. The Labute approximate surface area is 83.1 Å². The molecule has 0 radical (unpaired) electrons. The van der Waals surface area contributed by atoms with Crippen molar-refractivity contribution in [1.82, 2.24) is 5.32 Å². The molecule has 2 rings (SSSR count). The van der Waals surface area contributed by atoms with Gasteiger partial charge < -0.3 is 10.1 Å². The molecule has 0 fully saturated rings. The molecular formula is C11H14FNO. The van der Waals surface area contributed by atoms with Gasteiger partial charge in [-0.2, -0.15) is 0 Å². The fourth-order valence-corrected chi connectivity index (χ4v) is 1.67. The molecular weight excluding hydrogens is 181 g/mol. The Morgan fingerprint density at radius 2 is 2.43 bits per heavy atom. The Bertz CT molecular complexity index is 327. The Hall–Kier alpha value is -1.09. The zero-order valence-electron chi connectivity index (χ0n) is 8.22. The van der Waals surface area contributed by atoms with Gasteiger partial charge in [0.15, 0.2) is 0 Å². The minimum Gasteiger partial charge on any atom is -0.491 e. The van der Waals surface area contributed by atoms with Crippen LogP contribution in [0.4, 0.5) is 4.39 Å². The average molecular weight is 195 g/mol. The van der Waals surface area contributed by atoms with Crippen molar-refractivity contribution >= 4 is 0 Å². The van der Waals surface area contributed by atoms with Crippen molar-refractivity contribution in [2.45, 2.75) is 19.4 Å². The Morgan fingerprint density at radius 3 is 3.21 bits per heavy atom. The van der Waals surface area contributed by atoms with E-state index >= 15 is 0 Å². The number of nitrogens with one attached hydrogen (secondary N) is 1. The third-order valence-electron chi connectivity index (χ3n) is 2.40. The van der Waals surface area contributed by atoms with E-state index in [4.69, 9.17) is 4.74 Å². The second-order valence-electron chi connectivity index (χ2n) is 3.50. The average Bonchev–Trinajstić information content (AvgIpc) is 2.57. The molecule has 1 N–H and O–H groups in total. The molecule has 0 aromatic heterocycles. The van der Waals surface area contributed by atoms with Crippen molar-refractivity contribution in [1.29, 1.82) is 0 Å². The molecule has 1 aromatic carbocycles. The van der Waals surface area contributed by atoms with E-state index in [-0.39, 0.29) is 11.9 Å². The van der Waals surface area contributed by atoms with E-state index in [1.165, 1.54) is 12.1 Å². The fourth-order valence-electron chi connectivity index (χ4n) is 1.67. The van der Waals surface area contributed by atoms with Gasteiger partial charge in [0.05, 0.1) is 6.04 Å². The lowest BCUT2D eigenvalue weighted by Gasteiger charge is -2.09. The molecule has 1 aliphatic rings. The third kappa shape index (κ3) is 1.73. The molecule has 1 atom stereocenters. The zero-order chi connectivity index (χ0) is 9.97. The summed E-state index contributed by atoms with van der Waals surface area (Å²) in [6.45, 7) is 3.69. The van der Waals surface area contributed by atoms with Gasteiger partial charge in [-0.3, -0.25) is 0 Å². The normalized spacial score (nSPS) is 19.1. The topological polar surface area (TPSA) is 21.3 Å². The van der Waals surface area contributed by atoms with E-state index in [1.807, 2.05) is 0 Å². The molecule has 0 saturated heterocycles. The van der Waals surface area contributed by atoms with Crippen LogP contribution in [0.15, 0.2) is 18.2 Å². The number of hydrogen-bond acceptors (Lipinski definition) is 2. The van der Waals surface area contributed by atoms with Crippen LogP contribution in [0.3, 0.4) is 0 Å². The molecule has 1 unspecified atom stereocenters. The first-order valence-electron chi connectivity index (χ1n) is 4.97. The van der Waals surface area contributed by atoms with Crippen molar-refractivity contribution in [3.05, 3.63) is 29.6 Å². The number of rotatable bonds is 3. The number of halogens is 1. The van der Waals surface area contributed by atoms with Crippen LogP contribution in [0.1, 0.15) is 24.9 Å². The number of benzene rings is 1. The summed E-state index contributed by atoms with van der Waals surface area (Å²) in [6.07, 6.45) is 1.09. The predicted octanol–water partition coefficient (Wildman–Crippen LogP) is 2.26. The summed E-state index contributed by atoms with van der Waals surface area (Å²) in [7, 11) is 0. The van der Waals surface area contributed by atoms with Crippen LogP contribution in [-0.4, -0.2) is 13.2 Å². The first-order chi connectivity index (χ1) is 6.81. The Balaban J connectivity index is 2.14.